The Kier molecular flexibility index (Phi) is 6.78. The van der Waals surface area contributed by atoms with Crippen molar-refractivity contribution in [2.75, 3.05) is 45.7 Å². The van der Waals surface area contributed by atoms with Crippen molar-refractivity contribution in [2.24, 2.45) is 0 Å². The van der Waals surface area contributed by atoms with Crippen LogP contribution in [0, 0.1) is 0 Å². The predicted molar refractivity (Wildman–Crippen MR) is 135 cm³/mol. The molecule has 9 nitrogen and oxygen atoms in total. The summed E-state index contributed by atoms with van der Waals surface area (Å²) in [6, 6.07) is 15.3. The van der Waals surface area contributed by atoms with Gasteiger partial charge in [-0.3, -0.25) is 4.79 Å². The third-order valence-corrected chi connectivity index (χ3v) is 6.56. The fourth-order valence-electron chi connectivity index (χ4n) is 4.68. The van der Waals surface area contributed by atoms with Crippen molar-refractivity contribution in [1.29, 1.82) is 0 Å². The van der Waals surface area contributed by atoms with Crippen LogP contribution in [0.2, 0.25) is 0 Å². The number of hydrogen-bond acceptors (Lipinski definition) is 6. The molecule has 9 heteroatoms. The van der Waals surface area contributed by atoms with Crippen LogP contribution in [-0.4, -0.2) is 60.4 Å². The molecule has 0 radical (unpaired) electrons. The number of nitrogens with zero attached hydrogens (tertiary/aromatic N) is 3. The monoisotopic (exact) mass is 475 g/mol. The van der Waals surface area contributed by atoms with Crippen molar-refractivity contribution in [2.45, 2.75) is 19.5 Å². The number of nitrogens with one attached hydrogen (secondary N) is 2. The first-order valence-electron chi connectivity index (χ1n) is 12.0. The van der Waals surface area contributed by atoms with Crippen LogP contribution >= 0.6 is 0 Å². The van der Waals surface area contributed by atoms with Crippen LogP contribution in [-0.2, 0) is 17.8 Å². The van der Waals surface area contributed by atoms with Crippen molar-refractivity contribution < 1.29 is 19.2 Å². The van der Waals surface area contributed by atoms with Crippen LogP contribution in [0.15, 0.2) is 48.5 Å². The lowest BCUT2D eigenvalue weighted by Crippen LogP contribution is -3.14. The van der Waals surface area contributed by atoms with Crippen molar-refractivity contribution in [3.05, 3.63) is 59.7 Å². The first-order valence-corrected chi connectivity index (χ1v) is 12.0. The zero-order chi connectivity index (χ0) is 24.2. The highest BCUT2D eigenvalue weighted by Crippen LogP contribution is 2.28. The maximum atomic E-state index is 13.4. The van der Waals surface area contributed by atoms with Crippen molar-refractivity contribution >= 4 is 33.9 Å². The average Bonchev–Trinajstić information content (AvgIpc) is 3.16. The number of aromatic nitrogens is 3. The summed E-state index contributed by atoms with van der Waals surface area (Å²) in [4.78, 5) is 24.6. The number of ether oxygens (including phenoxy) is 2. The van der Waals surface area contributed by atoms with Gasteiger partial charge in [-0.15, -0.1) is 0 Å². The first kappa shape index (κ1) is 23.1. The van der Waals surface area contributed by atoms with Gasteiger partial charge in [0.25, 0.3) is 5.91 Å². The van der Waals surface area contributed by atoms with E-state index in [1.807, 2.05) is 53.1 Å². The SMILES string of the molecule is COc1ccccc1CNC(=O)c1c(N)n(CCC[NH+]2CCOCC2)c2nc3ccccc3nc12. The smallest absolute Gasteiger partial charge is 0.257 e. The van der Waals surface area contributed by atoms with Crippen LogP contribution in [0.1, 0.15) is 22.3 Å². The number of anilines is 1. The second-order valence-corrected chi connectivity index (χ2v) is 8.76. The third-order valence-electron chi connectivity index (χ3n) is 6.56. The van der Waals surface area contributed by atoms with E-state index in [4.69, 9.17) is 25.2 Å². The highest BCUT2D eigenvalue weighted by Gasteiger charge is 2.24. The second kappa shape index (κ2) is 10.3. The molecule has 4 aromatic rings. The summed E-state index contributed by atoms with van der Waals surface area (Å²) in [5.74, 6) is 0.838. The van der Waals surface area contributed by atoms with E-state index in [0.29, 0.717) is 35.6 Å². The number of nitrogens with two attached hydrogens (primary N) is 1. The van der Waals surface area contributed by atoms with E-state index in [0.717, 1.165) is 61.6 Å². The molecule has 4 N–H and O–H groups in total. The van der Waals surface area contributed by atoms with E-state index >= 15 is 0 Å². The van der Waals surface area contributed by atoms with Crippen LogP contribution < -0.4 is 20.7 Å². The quantitative estimate of drug-likeness (QED) is 0.356. The van der Waals surface area contributed by atoms with E-state index in [2.05, 4.69) is 5.32 Å². The van der Waals surface area contributed by atoms with Crippen molar-refractivity contribution in [3.63, 3.8) is 0 Å². The van der Waals surface area contributed by atoms with Gasteiger partial charge in [-0.25, -0.2) is 9.97 Å². The molecule has 182 valence electrons. The molecule has 1 fully saturated rings. The molecule has 1 aliphatic heterocycles. The molecule has 2 aromatic carbocycles. The summed E-state index contributed by atoms with van der Waals surface area (Å²) in [5, 5.41) is 2.99. The lowest BCUT2D eigenvalue weighted by Gasteiger charge is -2.23. The Morgan fingerprint density at radius 3 is 2.60 bits per heavy atom. The van der Waals surface area contributed by atoms with Crippen molar-refractivity contribution in [3.8, 4) is 5.75 Å². The Morgan fingerprint density at radius 2 is 1.83 bits per heavy atom. The molecule has 2 aromatic heterocycles. The standard InChI is InChI=1S/C26H30N6O3/c1-34-21-10-5-2-7-18(21)17-28-26(33)22-23-25(30-20-9-4-3-8-19(20)29-23)32(24(22)27)12-6-11-31-13-15-35-16-14-31/h2-5,7-10H,6,11-17,27H2,1H3,(H,28,33)/p+1. The van der Waals surface area contributed by atoms with Gasteiger partial charge in [0.05, 0.1) is 37.9 Å². The molecule has 0 saturated carbocycles. The predicted octanol–water partition coefficient (Wildman–Crippen LogP) is 1.41. The minimum atomic E-state index is -0.277. The number of para-hydroxylation sites is 3. The number of fused-ring (bicyclic) bond motifs is 2. The van der Waals surface area contributed by atoms with Crippen LogP contribution in [0.5, 0.6) is 5.75 Å². The second-order valence-electron chi connectivity index (χ2n) is 8.76. The Hall–Kier alpha value is -3.69. The van der Waals surface area contributed by atoms with E-state index in [1.54, 1.807) is 7.11 Å². The van der Waals surface area contributed by atoms with E-state index in [1.165, 1.54) is 4.90 Å². The molecule has 1 amide bonds. The number of hydrogen-bond donors (Lipinski definition) is 3. The molecule has 5 rings (SSSR count). The van der Waals surface area contributed by atoms with E-state index < -0.39 is 0 Å². The van der Waals surface area contributed by atoms with Crippen LogP contribution in [0.4, 0.5) is 5.82 Å². The maximum Gasteiger partial charge on any atom is 0.257 e. The Morgan fingerprint density at radius 1 is 1.11 bits per heavy atom. The van der Waals surface area contributed by atoms with Gasteiger partial charge in [0.1, 0.15) is 35.7 Å². The number of morpholine rings is 1. The van der Waals surface area contributed by atoms with Gasteiger partial charge in [-0.2, -0.15) is 0 Å². The summed E-state index contributed by atoms with van der Waals surface area (Å²) in [6.07, 6.45) is 0.917. The number of carbonyl (C=O) groups excluding carboxylic acids is 1. The van der Waals surface area contributed by atoms with Gasteiger partial charge in [0.15, 0.2) is 5.65 Å². The summed E-state index contributed by atoms with van der Waals surface area (Å²) in [6.45, 7) is 5.64. The maximum absolute atomic E-state index is 13.4. The molecule has 35 heavy (non-hydrogen) atoms. The number of methoxy groups -OCH3 is 1. The summed E-state index contributed by atoms with van der Waals surface area (Å²) < 4.78 is 12.8. The number of aryl methyl sites for hydroxylation is 1. The number of amides is 1. The fourth-order valence-corrected chi connectivity index (χ4v) is 4.68. The van der Waals surface area contributed by atoms with E-state index in [-0.39, 0.29) is 5.91 Å². The number of quaternary nitrogens is 1. The molecule has 0 unspecified atom stereocenters. The first-order chi connectivity index (χ1) is 17.2. The largest absolute Gasteiger partial charge is 0.496 e. The van der Waals surface area contributed by atoms with Gasteiger partial charge >= 0.3 is 0 Å². The molecule has 3 heterocycles. The van der Waals surface area contributed by atoms with Gasteiger partial charge in [-0.1, -0.05) is 30.3 Å². The van der Waals surface area contributed by atoms with Gasteiger partial charge in [0, 0.05) is 25.1 Å². The highest BCUT2D eigenvalue weighted by atomic mass is 16.5. The molecule has 0 atom stereocenters. The molecule has 1 aliphatic rings. The number of rotatable bonds is 8. The average molecular weight is 476 g/mol. The molecular weight excluding hydrogens is 444 g/mol. The molecule has 0 bridgehead atoms. The van der Waals surface area contributed by atoms with Gasteiger partial charge in [-0.05, 0) is 18.2 Å². The Balaban J connectivity index is 1.45. The minimum Gasteiger partial charge on any atom is -0.496 e. The zero-order valence-electron chi connectivity index (χ0n) is 19.9. The molecule has 0 aliphatic carbocycles. The summed E-state index contributed by atoms with van der Waals surface area (Å²) in [7, 11) is 1.62. The number of carbonyl (C=O) groups is 1. The number of nitrogen functional groups attached to an aromatic ring is 1. The normalized spacial score (nSPS) is 14.4. The lowest BCUT2D eigenvalue weighted by molar-refractivity contribution is -0.908. The molecule has 0 spiro atoms. The highest BCUT2D eigenvalue weighted by molar-refractivity contribution is 6.10. The van der Waals surface area contributed by atoms with Crippen molar-refractivity contribution in [1.82, 2.24) is 19.9 Å². The lowest BCUT2D eigenvalue weighted by atomic mass is 10.2. The summed E-state index contributed by atoms with van der Waals surface area (Å²) >= 11 is 0. The Labute approximate surface area is 203 Å². The van der Waals surface area contributed by atoms with Crippen LogP contribution in [0.25, 0.3) is 22.2 Å². The topological polar surface area (TPSA) is 109 Å². The van der Waals surface area contributed by atoms with E-state index in [9.17, 15) is 4.79 Å². The fraction of sp³-hybridized carbons (Fsp3) is 0.346. The number of benzene rings is 2. The van der Waals surface area contributed by atoms with Gasteiger partial charge < -0.3 is 30.0 Å². The Bertz CT molecular complexity index is 1350. The van der Waals surface area contributed by atoms with Crippen LogP contribution in [0.3, 0.4) is 0 Å². The summed E-state index contributed by atoms with van der Waals surface area (Å²) in [5.41, 5.74) is 10.5. The molecule has 1 saturated heterocycles. The minimum absolute atomic E-state index is 0.277. The molecular formula is C26H31N6O3+. The zero-order valence-corrected chi connectivity index (χ0v) is 19.9. The van der Waals surface area contributed by atoms with Gasteiger partial charge in [0.2, 0.25) is 0 Å². The third kappa shape index (κ3) is 4.78.